The van der Waals surface area contributed by atoms with Crippen LogP contribution in [-0.4, -0.2) is 23.2 Å². The van der Waals surface area contributed by atoms with Crippen LogP contribution in [0.1, 0.15) is 33.1 Å². The molecule has 14 heavy (non-hydrogen) atoms. The molecule has 0 aromatic heterocycles. The van der Waals surface area contributed by atoms with Gasteiger partial charge in [0.15, 0.2) is 0 Å². The van der Waals surface area contributed by atoms with E-state index in [0.717, 1.165) is 12.2 Å². The normalized spacial score (nSPS) is 21.3. The van der Waals surface area contributed by atoms with Gasteiger partial charge in [-0.15, -0.1) is 11.8 Å². The fraction of sp³-hybridized carbons (Fsp3) is 0.667. The molecule has 0 bridgehead atoms. The van der Waals surface area contributed by atoms with Crippen LogP contribution in [0.25, 0.3) is 0 Å². The Morgan fingerprint density at radius 3 is 2.71 bits per heavy atom. The molecule has 0 saturated carbocycles. The van der Waals surface area contributed by atoms with E-state index < -0.39 is 0 Å². The van der Waals surface area contributed by atoms with Gasteiger partial charge in [0.1, 0.15) is 0 Å². The molecule has 1 heterocycles. The monoisotopic (exact) mass is 211 g/mol. The van der Waals surface area contributed by atoms with Crippen LogP contribution < -0.4 is 0 Å². The van der Waals surface area contributed by atoms with Crippen molar-refractivity contribution in [2.45, 2.75) is 39.2 Å². The van der Waals surface area contributed by atoms with E-state index in [-0.39, 0.29) is 0 Å². The highest BCUT2D eigenvalue weighted by Gasteiger charge is 2.26. The van der Waals surface area contributed by atoms with Crippen molar-refractivity contribution in [2.75, 3.05) is 12.3 Å². The van der Waals surface area contributed by atoms with Crippen LogP contribution in [-0.2, 0) is 0 Å². The van der Waals surface area contributed by atoms with E-state index in [4.69, 9.17) is 0 Å². The van der Waals surface area contributed by atoms with Gasteiger partial charge in [0.05, 0.1) is 6.04 Å². The second-order valence-electron chi connectivity index (χ2n) is 3.67. The van der Waals surface area contributed by atoms with Crippen molar-refractivity contribution in [3.63, 3.8) is 0 Å². The molecule has 0 amide bonds. The molecule has 1 saturated heterocycles. The molecule has 1 fully saturated rings. The zero-order valence-corrected chi connectivity index (χ0v) is 10.2. The van der Waals surface area contributed by atoms with E-state index >= 15 is 0 Å². The summed E-state index contributed by atoms with van der Waals surface area (Å²) >= 11 is 1.88. The first-order chi connectivity index (χ1) is 6.70. The van der Waals surface area contributed by atoms with E-state index in [1.54, 1.807) is 0 Å². The Balaban J connectivity index is 2.59. The third-order valence-electron chi connectivity index (χ3n) is 2.77. The Bertz CT molecular complexity index is 222. The quantitative estimate of drug-likeness (QED) is 0.683. The van der Waals surface area contributed by atoms with Crippen molar-refractivity contribution >= 4 is 11.8 Å². The summed E-state index contributed by atoms with van der Waals surface area (Å²) in [6.45, 7) is 13.8. The molecule has 80 valence electrons. The van der Waals surface area contributed by atoms with Gasteiger partial charge < -0.3 is 4.90 Å². The van der Waals surface area contributed by atoms with Gasteiger partial charge in [0, 0.05) is 17.1 Å². The van der Waals surface area contributed by atoms with E-state index in [9.17, 15) is 0 Å². The van der Waals surface area contributed by atoms with Gasteiger partial charge >= 0.3 is 0 Å². The second-order valence-corrected chi connectivity index (χ2v) is 5.06. The molecule has 1 atom stereocenters. The third-order valence-corrected chi connectivity index (χ3v) is 3.70. The lowest BCUT2D eigenvalue weighted by atomic mass is 10.2. The number of nitrogens with zero attached hydrogens (tertiary/aromatic N) is 1. The predicted molar refractivity (Wildman–Crippen MR) is 66.4 cm³/mol. The first-order valence-corrected chi connectivity index (χ1v) is 6.45. The average molecular weight is 211 g/mol. The van der Waals surface area contributed by atoms with Crippen LogP contribution in [0, 0.1) is 0 Å². The van der Waals surface area contributed by atoms with Crippen LogP contribution in [0.4, 0.5) is 0 Å². The first kappa shape index (κ1) is 11.7. The maximum atomic E-state index is 4.17. The molecule has 0 spiro atoms. The highest BCUT2D eigenvalue weighted by atomic mass is 32.2. The molecule has 0 aliphatic carbocycles. The van der Waals surface area contributed by atoms with E-state index in [2.05, 4.69) is 31.9 Å². The van der Waals surface area contributed by atoms with Gasteiger partial charge in [-0.1, -0.05) is 27.0 Å². The van der Waals surface area contributed by atoms with Crippen LogP contribution >= 0.6 is 11.8 Å². The molecule has 2 heteroatoms. The summed E-state index contributed by atoms with van der Waals surface area (Å²) in [6.07, 6.45) is 3.60. The molecule has 0 aromatic rings. The second kappa shape index (κ2) is 5.50. The van der Waals surface area contributed by atoms with E-state index in [1.165, 1.54) is 30.0 Å². The largest absolute Gasteiger partial charge is 0.368 e. The van der Waals surface area contributed by atoms with Crippen LogP contribution in [0.15, 0.2) is 23.8 Å². The number of hydrogen-bond acceptors (Lipinski definition) is 2. The summed E-state index contributed by atoms with van der Waals surface area (Å²) in [4.78, 5) is 3.75. The Morgan fingerprint density at radius 1 is 1.43 bits per heavy atom. The molecule has 0 N–H and O–H groups in total. The van der Waals surface area contributed by atoms with Gasteiger partial charge in [-0.25, -0.2) is 0 Å². The molecular formula is C12H21NS. The van der Waals surface area contributed by atoms with Gasteiger partial charge in [-0.2, -0.15) is 0 Å². The van der Waals surface area contributed by atoms with Crippen molar-refractivity contribution in [2.24, 2.45) is 0 Å². The zero-order chi connectivity index (χ0) is 10.6. The highest BCUT2D eigenvalue weighted by molar-refractivity contribution is 8.03. The van der Waals surface area contributed by atoms with E-state index in [0.29, 0.717) is 6.04 Å². The van der Waals surface area contributed by atoms with Gasteiger partial charge in [0.25, 0.3) is 0 Å². The van der Waals surface area contributed by atoms with Crippen LogP contribution in [0.2, 0.25) is 0 Å². The minimum Gasteiger partial charge on any atom is -0.368 e. The number of thioether (sulfide) groups is 1. The number of hydrogen-bond donors (Lipinski definition) is 0. The van der Waals surface area contributed by atoms with Crippen molar-refractivity contribution in [1.82, 2.24) is 4.90 Å². The minimum absolute atomic E-state index is 0.549. The van der Waals surface area contributed by atoms with Crippen molar-refractivity contribution in [1.29, 1.82) is 0 Å². The lowest BCUT2D eigenvalue weighted by molar-refractivity contribution is 0.355. The topological polar surface area (TPSA) is 3.24 Å². The standard InChI is InChI=1S/C12H21NS/c1-5-10(3)13-9-7-8-12(13)11(4)14-6-2/h12H,3-9H2,1-2H3/t12-/m0/s1. The lowest BCUT2D eigenvalue weighted by Gasteiger charge is -2.29. The Morgan fingerprint density at radius 2 is 2.14 bits per heavy atom. The van der Waals surface area contributed by atoms with Crippen LogP contribution in [0.5, 0.6) is 0 Å². The summed E-state index contributed by atoms with van der Waals surface area (Å²) in [5.41, 5.74) is 1.27. The smallest absolute Gasteiger partial charge is 0.0592 e. The van der Waals surface area contributed by atoms with Crippen LogP contribution in [0.3, 0.4) is 0 Å². The van der Waals surface area contributed by atoms with Crippen molar-refractivity contribution in [3.8, 4) is 0 Å². The molecule has 1 nitrogen and oxygen atoms in total. The Kier molecular flexibility index (Phi) is 4.59. The van der Waals surface area contributed by atoms with E-state index in [1.807, 2.05) is 11.8 Å². The number of allylic oxidation sites excluding steroid dienone is 1. The fourth-order valence-corrected chi connectivity index (χ4v) is 2.77. The third kappa shape index (κ3) is 2.57. The summed E-state index contributed by atoms with van der Waals surface area (Å²) in [6, 6.07) is 0.549. The first-order valence-electron chi connectivity index (χ1n) is 5.46. The fourth-order valence-electron chi connectivity index (χ4n) is 1.96. The molecule has 0 radical (unpaired) electrons. The summed E-state index contributed by atoms with van der Waals surface area (Å²) in [7, 11) is 0. The van der Waals surface area contributed by atoms with Gasteiger partial charge in [-0.05, 0) is 25.0 Å². The number of rotatable bonds is 5. The SMILES string of the molecule is C=C(SCC)[C@@H]1CCCN1C(=C)CC. The zero-order valence-electron chi connectivity index (χ0n) is 9.38. The Labute approximate surface area is 92.3 Å². The molecule has 0 aromatic carbocycles. The molecule has 0 unspecified atom stereocenters. The highest BCUT2D eigenvalue weighted by Crippen LogP contribution is 2.32. The average Bonchev–Trinajstić information content (AvgIpc) is 2.65. The molecule has 1 aliphatic heterocycles. The summed E-state index contributed by atoms with van der Waals surface area (Å²) in [5, 5.41) is 0. The number of likely N-dealkylation sites (tertiary alicyclic amines) is 1. The minimum atomic E-state index is 0.549. The van der Waals surface area contributed by atoms with Crippen molar-refractivity contribution in [3.05, 3.63) is 23.8 Å². The maximum Gasteiger partial charge on any atom is 0.0592 e. The summed E-state index contributed by atoms with van der Waals surface area (Å²) < 4.78 is 0. The molecular weight excluding hydrogens is 190 g/mol. The Hall–Kier alpha value is -0.370. The lowest BCUT2D eigenvalue weighted by Crippen LogP contribution is -2.28. The molecule has 1 rings (SSSR count). The summed E-state index contributed by atoms with van der Waals surface area (Å²) in [5.74, 6) is 1.13. The molecule has 1 aliphatic rings. The van der Waals surface area contributed by atoms with Crippen molar-refractivity contribution < 1.29 is 0 Å². The van der Waals surface area contributed by atoms with Gasteiger partial charge in [-0.3, -0.25) is 0 Å². The maximum absolute atomic E-state index is 4.17. The van der Waals surface area contributed by atoms with Gasteiger partial charge in [0.2, 0.25) is 0 Å². The predicted octanol–water partition coefficient (Wildman–Crippen LogP) is 3.64.